The molecular weight excluding hydrogens is 186 g/mol. The normalized spacial score (nSPS) is 19.4. The largest absolute Gasteiger partial charge is 0.324 e. The van der Waals surface area contributed by atoms with Crippen molar-refractivity contribution in [1.29, 1.82) is 0 Å². The van der Waals surface area contributed by atoms with Crippen LogP contribution in [0.5, 0.6) is 0 Å². The Bertz CT molecular complexity index is 341. The number of nitrogens with two attached hydrogens (primary N) is 1. The maximum atomic E-state index is 5.84. The van der Waals surface area contributed by atoms with Gasteiger partial charge in [0.1, 0.15) is 5.82 Å². The number of aryl methyl sites for hydroxylation is 1. The minimum Gasteiger partial charge on any atom is -0.324 e. The van der Waals surface area contributed by atoms with Crippen molar-refractivity contribution in [2.75, 3.05) is 0 Å². The summed E-state index contributed by atoms with van der Waals surface area (Å²) in [4.78, 5) is 9.04. The van der Waals surface area contributed by atoms with E-state index in [2.05, 4.69) is 9.97 Å². The molecule has 3 heteroatoms. The van der Waals surface area contributed by atoms with Gasteiger partial charge in [0.2, 0.25) is 0 Å². The van der Waals surface area contributed by atoms with E-state index in [-0.39, 0.29) is 6.04 Å². The molecule has 1 aromatic rings. The second-order valence-corrected chi connectivity index (χ2v) is 4.54. The van der Waals surface area contributed by atoms with Crippen LogP contribution in [-0.2, 0) is 0 Å². The van der Waals surface area contributed by atoms with Crippen molar-refractivity contribution in [1.82, 2.24) is 9.97 Å². The molecule has 0 spiro atoms. The van der Waals surface area contributed by atoms with Gasteiger partial charge in [-0.25, -0.2) is 9.97 Å². The van der Waals surface area contributed by atoms with Crippen molar-refractivity contribution in [2.45, 2.75) is 51.5 Å². The molecule has 15 heavy (non-hydrogen) atoms. The van der Waals surface area contributed by atoms with Crippen LogP contribution in [0.25, 0.3) is 0 Å². The van der Waals surface area contributed by atoms with Crippen LogP contribution in [0.1, 0.15) is 61.6 Å². The SMILES string of the molecule is Cc1nc(C2CCCC2)ncc1[C@@H](C)N. The summed E-state index contributed by atoms with van der Waals surface area (Å²) in [5.74, 6) is 1.61. The molecule has 0 aliphatic heterocycles. The van der Waals surface area contributed by atoms with Crippen LogP contribution >= 0.6 is 0 Å². The quantitative estimate of drug-likeness (QED) is 0.807. The monoisotopic (exact) mass is 205 g/mol. The molecule has 1 fully saturated rings. The summed E-state index contributed by atoms with van der Waals surface area (Å²) >= 11 is 0. The lowest BCUT2D eigenvalue weighted by atomic mass is 10.1. The molecule has 0 amide bonds. The van der Waals surface area contributed by atoms with Crippen molar-refractivity contribution in [3.63, 3.8) is 0 Å². The third kappa shape index (κ3) is 2.17. The molecule has 1 aliphatic rings. The molecule has 0 unspecified atom stereocenters. The first kappa shape index (κ1) is 10.6. The van der Waals surface area contributed by atoms with Gasteiger partial charge in [0.15, 0.2) is 0 Å². The van der Waals surface area contributed by atoms with Gasteiger partial charge >= 0.3 is 0 Å². The fraction of sp³-hybridized carbons (Fsp3) is 0.667. The van der Waals surface area contributed by atoms with Gasteiger partial charge in [0.05, 0.1) is 0 Å². The number of rotatable bonds is 2. The van der Waals surface area contributed by atoms with Crippen LogP contribution < -0.4 is 5.73 Å². The first-order chi connectivity index (χ1) is 7.18. The lowest BCUT2D eigenvalue weighted by Crippen LogP contribution is -2.11. The zero-order valence-electron chi connectivity index (χ0n) is 9.53. The van der Waals surface area contributed by atoms with Gasteiger partial charge in [-0.3, -0.25) is 0 Å². The van der Waals surface area contributed by atoms with Gasteiger partial charge in [-0.15, -0.1) is 0 Å². The number of hydrogen-bond donors (Lipinski definition) is 1. The standard InChI is InChI=1S/C12H19N3/c1-8(13)11-7-14-12(15-9(11)2)10-5-3-4-6-10/h7-8,10H,3-6,13H2,1-2H3/t8-/m1/s1. The molecule has 0 aromatic carbocycles. The second-order valence-electron chi connectivity index (χ2n) is 4.54. The Balaban J connectivity index is 2.24. The second kappa shape index (κ2) is 4.27. The molecule has 2 N–H and O–H groups in total. The summed E-state index contributed by atoms with van der Waals surface area (Å²) in [7, 11) is 0. The molecule has 1 aromatic heterocycles. The zero-order valence-corrected chi connectivity index (χ0v) is 9.53. The molecule has 0 bridgehead atoms. The fourth-order valence-corrected chi connectivity index (χ4v) is 2.32. The molecule has 2 rings (SSSR count). The Kier molecular flexibility index (Phi) is 3.00. The number of hydrogen-bond acceptors (Lipinski definition) is 3. The van der Waals surface area contributed by atoms with Crippen molar-refractivity contribution >= 4 is 0 Å². The Labute approximate surface area is 91.1 Å². The minimum atomic E-state index is 0.0302. The molecule has 1 heterocycles. The highest BCUT2D eigenvalue weighted by Crippen LogP contribution is 2.32. The van der Waals surface area contributed by atoms with E-state index in [0.717, 1.165) is 17.1 Å². The maximum absolute atomic E-state index is 5.84. The van der Waals surface area contributed by atoms with E-state index in [9.17, 15) is 0 Å². The Morgan fingerprint density at radius 1 is 1.40 bits per heavy atom. The Hall–Kier alpha value is -0.960. The van der Waals surface area contributed by atoms with Crippen LogP contribution in [0.3, 0.4) is 0 Å². The predicted octanol–water partition coefficient (Wildman–Crippen LogP) is 2.46. The van der Waals surface area contributed by atoms with E-state index in [0.29, 0.717) is 5.92 Å². The number of aromatic nitrogens is 2. The van der Waals surface area contributed by atoms with Gasteiger partial charge in [-0.2, -0.15) is 0 Å². The molecule has 1 atom stereocenters. The van der Waals surface area contributed by atoms with Crippen LogP contribution in [0.4, 0.5) is 0 Å². The van der Waals surface area contributed by atoms with E-state index in [1.54, 1.807) is 0 Å². The third-order valence-electron chi connectivity index (χ3n) is 3.25. The highest BCUT2D eigenvalue weighted by Gasteiger charge is 2.20. The van der Waals surface area contributed by atoms with Crippen molar-refractivity contribution in [3.05, 3.63) is 23.3 Å². The molecule has 0 radical (unpaired) electrons. The van der Waals surface area contributed by atoms with E-state index in [1.165, 1.54) is 25.7 Å². The average molecular weight is 205 g/mol. The van der Waals surface area contributed by atoms with Crippen molar-refractivity contribution in [2.24, 2.45) is 5.73 Å². The van der Waals surface area contributed by atoms with Crippen molar-refractivity contribution in [3.8, 4) is 0 Å². The number of nitrogens with zero attached hydrogens (tertiary/aromatic N) is 2. The van der Waals surface area contributed by atoms with Gasteiger partial charge in [0.25, 0.3) is 0 Å². The fourth-order valence-electron chi connectivity index (χ4n) is 2.32. The van der Waals surface area contributed by atoms with Gasteiger partial charge in [-0.1, -0.05) is 12.8 Å². The van der Waals surface area contributed by atoms with Crippen LogP contribution in [-0.4, -0.2) is 9.97 Å². The summed E-state index contributed by atoms with van der Waals surface area (Å²) in [5.41, 5.74) is 7.95. The minimum absolute atomic E-state index is 0.0302. The first-order valence-corrected chi connectivity index (χ1v) is 5.77. The summed E-state index contributed by atoms with van der Waals surface area (Å²) in [5, 5.41) is 0. The Morgan fingerprint density at radius 2 is 2.07 bits per heavy atom. The highest BCUT2D eigenvalue weighted by molar-refractivity contribution is 5.20. The van der Waals surface area contributed by atoms with Gasteiger partial charge in [-0.05, 0) is 26.7 Å². The zero-order chi connectivity index (χ0) is 10.8. The molecule has 82 valence electrons. The maximum Gasteiger partial charge on any atom is 0.131 e. The van der Waals surface area contributed by atoms with Crippen LogP contribution in [0.2, 0.25) is 0 Å². The molecule has 1 aliphatic carbocycles. The van der Waals surface area contributed by atoms with E-state index in [4.69, 9.17) is 5.73 Å². The lowest BCUT2D eigenvalue weighted by molar-refractivity contribution is 0.655. The van der Waals surface area contributed by atoms with Crippen LogP contribution in [0, 0.1) is 6.92 Å². The summed E-state index contributed by atoms with van der Waals surface area (Å²) in [6.07, 6.45) is 7.04. The van der Waals surface area contributed by atoms with Crippen molar-refractivity contribution < 1.29 is 0 Å². The van der Waals surface area contributed by atoms with E-state index >= 15 is 0 Å². The summed E-state index contributed by atoms with van der Waals surface area (Å²) in [6, 6.07) is 0.0302. The average Bonchev–Trinajstić information content (AvgIpc) is 2.69. The Morgan fingerprint density at radius 3 is 2.60 bits per heavy atom. The van der Waals surface area contributed by atoms with E-state index < -0.39 is 0 Å². The first-order valence-electron chi connectivity index (χ1n) is 5.77. The topological polar surface area (TPSA) is 51.8 Å². The van der Waals surface area contributed by atoms with Crippen LogP contribution in [0.15, 0.2) is 6.20 Å². The molecule has 0 saturated heterocycles. The molecular formula is C12H19N3. The summed E-state index contributed by atoms with van der Waals surface area (Å²) < 4.78 is 0. The van der Waals surface area contributed by atoms with Gasteiger partial charge < -0.3 is 5.73 Å². The third-order valence-corrected chi connectivity index (χ3v) is 3.25. The van der Waals surface area contributed by atoms with E-state index in [1.807, 2.05) is 20.0 Å². The summed E-state index contributed by atoms with van der Waals surface area (Å²) in [6.45, 7) is 4.00. The van der Waals surface area contributed by atoms with Gasteiger partial charge in [0, 0.05) is 29.4 Å². The lowest BCUT2D eigenvalue weighted by Gasteiger charge is -2.12. The molecule has 1 saturated carbocycles. The smallest absolute Gasteiger partial charge is 0.131 e. The molecule has 3 nitrogen and oxygen atoms in total. The predicted molar refractivity (Wildman–Crippen MR) is 60.6 cm³/mol. The highest BCUT2D eigenvalue weighted by atomic mass is 14.9.